The number of rotatable bonds is 10. The molecule has 2 aliphatic heterocycles. The molecule has 55 heavy (non-hydrogen) atoms. The molecule has 2 bridgehead atoms. The zero-order valence-corrected chi connectivity index (χ0v) is 33.2. The van der Waals surface area contributed by atoms with E-state index in [1.165, 1.54) is 24.4 Å². The van der Waals surface area contributed by atoms with Crippen LogP contribution in [-0.4, -0.2) is 50.8 Å². The van der Waals surface area contributed by atoms with E-state index in [0.29, 0.717) is 40.0 Å². The molecular formula is C38H43F6N5O4SSi. The molecule has 3 aliphatic rings. The summed E-state index contributed by atoms with van der Waals surface area (Å²) >= 11 is -1.85. The van der Waals surface area contributed by atoms with Gasteiger partial charge in [-0.15, -0.1) is 0 Å². The molecule has 2 N–H and O–H groups in total. The van der Waals surface area contributed by atoms with Gasteiger partial charge in [-0.3, -0.25) is 9.78 Å². The van der Waals surface area contributed by atoms with Crippen LogP contribution in [0.5, 0.6) is 5.75 Å². The van der Waals surface area contributed by atoms with Gasteiger partial charge in [0, 0.05) is 34.7 Å². The number of nitrogens with one attached hydrogen (secondary N) is 2. The van der Waals surface area contributed by atoms with Crippen LogP contribution in [-0.2, 0) is 21.3 Å². The molecule has 4 heterocycles. The predicted molar refractivity (Wildman–Crippen MR) is 198 cm³/mol. The summed E-state index contributed by atoms with van der Waals surface area (Å²) in [5, 5.41) is 2.74. The lowest BCUT2D eigenvalue weighted by Gasteiger charge is -2.50. The highest BCUT2D eigenvalue weighted by atomic mass is 32.2. The molecule has 4 aromatic rings. The van der Waals surface area contributed by atoms with Gasteiger partial charge in [-0.25, -0.2) is 9.37 Å². The largest absolute Gasteiger partial charge is 0.596 e. The van der Waals surface area contributed by atoms with Crippen LogP contribution in [0.25, 0.3) is 22.2 Å². The Hall–Kier alpha value is -3.64. The Bertz CT molecular complexity index is 2150. The fraction of sp³-hybridized carbons (Fsp3) is 0.500. The van der Waals surface area contributed by atoms with Gasteiger partial charge in [-0.05, 0) is 92.0 Å². The highest BCUT2D eigenvalue weighted by Gasteiger charge is 2.60. The molecule has 17 heteroatoms. The number of amides is 1. The van der Waals surface area contributed by atoms with Crippen molar-refractivity contribution in [3.05, 3.63) is 77.1 Å². The monoisotopic (exact) mass is 807 g/mol. The molecule has 9 nitrogen and oxygen atoms in total. The lowest BCUT2D eigenvalue weighted by atomic mass is 9.56. The molecule has 0 spiro atoms. The zero-order chi connectivity index (χ0) is 40.0. The van der Waals surface area contributed by atoms with Crippen molar-refractivity contribution in [1.82, 2.24) is 24.7 Å². The second kappa shape index (κ2) is 13.5. The average Bonchev–Trinajstić information content (AvgIpc) is 3.55. The van der Waals surface area contributed by atoms with Crippen molar-refractivity contribution < 1.29 is 45.0 Å². The molecule has 2 aromatic heterocycles. The van der Waals surface area contributed by atoms with Crippen LogP contribution in [0.2, 0.25) is 18.1 Å². The normalized spacial score (nSPS) is 23.3. The second-order valence-corrected chi connectivity index (χ2v) is 23.6. The molecule has 1 unspecified atom stereocenters. The molecule has 296 valence electrons. The van der Waals surface area contributed by atoms with Crippen LogP contribution in [0.1, 0.15) is 99.8 Å². The molecule has 1 fully saturated rings. The van der Waals surface area contributed by atoms with E-state index in [4.69, 9.17) is 14.2 Å². The van der Waals surface area contributed by atoms with Crippen LogP contribution in [0.15, 0.2) is 48.7 Å². The van der Waals surface area contributed by atoms with Crippen LogP contribution in [0, 0.1) is 11.7 Å². The van der Waals surface area contributed by atoms with Gasteiger partial charge in [-0.1, -0.05) is 32.9 Å². The van der Waals surface area contributed by atoms with Gasteiger partial charge >= 0.3 is 12.8 Å². The lowest BCUT2D eigenvalue weighted by molar-refractivity contribution is -0.211. The number of imidazole rings is 1. The number of carbonyl (C=O) groups is 1. The van der Waals surface area contributed by atoms with Crippen LogP contribution < -0.4 is 14.9 Å². The van der Waals surface area contributed by atoms with Crippen molar-refractivity contribution in [2.75, 3.05) is 0 Å². The maximum Gasteiger partial charge on any atom is 0.391 e. The number of ether oxygens (including phenoxy) is 1. The summed E-state index contributed by atoms with van der Waals surface area (Å²) in [5.41, 5.74) is 1.07. The molecule has 1 amide bonds. The number of hydrogen-bond acceptors (Lipinski definition) is 7. The van der Waals surface area contributed by atoms with Gasteiger partial charge in [0.2, 0.25) is 8.32 Å². The fourth-order valence-corrected chi connectivity index (χ4v) is 10.1. The van der Waals surface area contributed by atoms with Gasteiger partial charge < -0.3 is 23.7 Å². The summed E-state index contributed by atoms with van der Waals surface area (Å²) in [5.74, 6) is -2.48. The van der Waals surface area contributed by atoms with E-state index in [0.717, 1.165) is 0 Å². The Kier molecular flexibility index (Phi) is 9.71. The Morgan fingerprint density at radius 1 is 1.09 bits per heavy atom. The molecule has 2 aromatic carbocycles. The maximum atomic E-state index is 16.3. The number of aromatic nitrogens is 3. The third-order valence-corrected chi connectivity index (χ3v) is 17.6. The van der Waals surface area contributed by atoms with Crippen LogP contribution in [0.4, 0.5) is 26.3 Å². The SMILES string of the molecule is CC(C)(CC1(c2ncc(-c3ccc4nc5n(c4c3)[C@@H]3C[C@H]5NC(=O)c4cccc(OC(F)F)c43)cc2F)CC(C(F)(F)F)C1)[S+]([O-])NO[Si](C)(C)C(C)(C)C. The van der Waals surface area contributed by atoms with Crippen LogP contribution >= 0.6 is 0 Å². The summed E-state index contributed by atoms with van der Waals surface area (Å²) in [7, 11) is -2.38. The van der Waals surface area contributed by atoms with E-state index in [1.807, 2.05) is 38.4 Å². The van der Waals surface area contributed by atoms with E-state index in [-0.39, 0.29) is 28.5 Å². The highest BCUT2D eigenvalue weighted by Crippen LogP contribution is 2.58. The van der Waals surface area contributed by atoms with E-state index < -0.39 is 85.2 Å². The number of pyridine rings is 1. The number of alkyl halides is 5. The average molecular weight is 808 g/mol. The van der Waals surface area contributed by atoms with Crippen molar-refractivity contribution in [1.29, 1.82) is 0 Å². The van der Waals surface area contributed by atoms with Crippen molar-refractivity contribution >= 4 is 36.6 Å². The third kappa shape index (κ3) is 7.04. The van der Waals surface area contributed by atoms with Gasteiger partial charge in [0.05, 0.1) is 46.1 Å². The summed E-state index contributed by atoms with van der Waals surface area (Å²) < 4.78 is 110. The summed E-state index contributed by atoms with van der Waals surface area (Å²) in [6, 6.07) is 9.75. The Labute approximate surface area is 319 Å². The fourth-order valence-electron chi connectivity index (χ4n) is 8.00. The van der Waals surface area contributed by atoms with Crippen molar-refractivity contribution in [3.63, 3.8) is 0 Å². The molecule has 1 aliphatic carbocycles. The maximum absolute atomic E-state index is 16.3. The van der Waals surface area contributed by atoms with E-state index in [2.05, 4.69) is 15.2 Å². The first-order chi connectivity index (χ1) is 25.5. The first-order valence-corrected chi connectivity index (χ1v) is 22.1. The van der Waals surface area contributed by atoms with Gasteiger partial charge in [0.15, 0.2) is 0 Å². The topological polar surface area (TPSA) is 113 Å². The summed E-state index contributed by atoms with van der Waals surface area (Å²) in [4.78, 5) is 25.0. The van der Waals surface area contributed by atoms with Crippen molar-refractivity contribution in [3.8, 4) is 16.9 Å². The number of halogens is 6. The Balaban J connectivity index is 1.22. The second-order valence-electron chi connectivity index (χ2n) is 17.0. The third-order valence-electron chi connectivity index (χ3n) is 11.8. The minimum absolute atomic E-state index is 0.0535. The Morgan fingerprint density at radius 3 is 2.44 bits per heavy atom. The smallest absolute Gasteiger partial charge is 0.391 e. The van der Waals surface area contributed by atoms with Gasteiger partial charge in [0.1, 0.15) is 22.1 Å². The molecular weight excluding hydrogens is 765 g/mol. The van der Waals surface area contributed by atoms with Crippen molar-refractivity contribution in [2.45, 2.75) is 113 Å². The van der Waals surface area contributed by atoms with Gasteiger partial charge in [0.25, 0.3) is 5.91 Å². The number of benzene rings is 2. The lowest BCUT2D eigenvalue weighted by Crippen LogP contribution is -2.56. The van der Waals surface area contributed by atoms with Crippen molar-refractivity contribution in [2.24, 2.45) is 5.92 Å². The molecule has 7 rings (SSSR count). The molecule has 0 saturated heterocycles. The summed E-state index contributed by atoms with van der Waals surface area (Å²) in [6.45, 7) is 10.2. The number of hydrogen-bond donors (Lipinski definition) is 2. The quantitative estimate of drug-likeness (QED) is 0.0712. The Morgan fingerprint density at radius 2 is 1.80 bits per heavy atom. The van der Waals surface area contributed by atoms with E-state index in [1.54, 1.807) is 38.1 Å². The minimum atomic E-state index is -4.49. The number of carbonyl (C=O) groups excluding carboxylic acids is 1. The predicted octanol–water partition coefficient (Wildman–Crippen LogP) is 9.19. The van der Waals surface area contributed by atoms with E-state index >= 15 is 4.39 Å². The van der Waals surface area contributed by atoms with E-state index in [9.17, 15) is 31.3 Å². The molecule has 3 atom stereocenters. The van der Waals surface area contributed by atoms with Crippen LogP contribution in [0.3, 0.4) is 0 Å². The number of nitrogens with zero attached hydrogens (tertiary/aromatic N) is 3. The minimum Gasteiger partial charge on any atom is -0.596 e. The zero-order valence-electron chi connectivity index (χ0n) is 31.4. The number of fused-ring (bicyclic) bond motifs is 9. The molecule has 0 radical (unpaired) electrons. The summed E-state index contributed by atoms with van der Waals surface area (Å²) in [6.07, 6.45) is -3.59. The standard InChI is InChI=1S/C38H43F6N5O4SSi/c1-35(2,3)55(6,7)53-48-54(51)36(4,5)19-37(16-22(17-37)38(42,43)44)31-24(39)13-21(18-45-31)20-11-12-25-27(14-20)49-28-15-26(32(49)46-25)47-33(50)23-9-8-10-29(30(23)28)52-34(40)41/h8-14,18,22,26,28,34,48H,15-17,19H2,1-7H3,(H,47,50)/t22?,26-,28-,37?,54?/m1/s1. The highest BCUT2D eigenvalue weighted by molar-refractivity contribution is 7.90. The first kappa shape index (κ1) is 39.6. The van der Waals surface area contributed by atoms with Gasteiger partial charge in [-0.2, -0.15) is 22.0 Å². The first-order valence-electron chi connectivity index (χ1n) is 18.0. The molecule has 1 saturated carbocycles.